The van der Waals surface area contributed by atoms with E-state index in [0.29, 0.717) is 19.8 Å². The normalized spacial score (nSPS) is 15.5. The highest BCUT2D eigenvalue weighted by Gasteiger charge is 2.16. The van der Waals surface area contributed by atoms with Gasteiger partial charge in [-0.15, -0.1) is 0 Å². The van der Waals surface area contributed by atoms with E-state index >= 15 is 0 Å². The largest absolute Gasteiger partial charge is 0.490 e. The highest BCUT2D eigenvalue weighted by atomic mass is 79.9. The van der Waals surface area contributed by atoms with Gasteiger partial charge in [0.15, 0.2) is 11.5 Å². The van der Waals surface area contributed by atoms with Crippen molar-refractivity contribution >= 4 is 15.9 Å². The monoisotopic (exact) mass is 352 g/mol. The van der Waals surface area contributed by atoms with E-state index in [-0.39, 0.29) is 6.04 Å². The molecule has 3 rings (SSSR count). The zero-order chi connectivity index (χ0) is 14.7. The molecule has 1 aliphatic heterocycles. The minimum absolute atomic E-state index is 0.0993. The minimum atomic E-state index is 0.0993. The summed E-state index contributed by atoms with van der Waals surface area (Å²) in [6, 6.07) is 4.17. The molecule has 1 atom stereocenters. The Kier molecular flexibility index (Phi) is 4.40. The Balaban J connectivity index is 1.71. The van der Waals surface area contributed by atoms with E-state index in [1.54, 1.807) is 0 Å². The third kappa shape index (κ3) is 3.36. The number of benzene rings is 1. The molecule has 7 heteroatoms. The smallest absolute Gasteiger partial charge is 0.175 e. The highest BCUT2D eigenvalue weighted by Crippen LogP contribution is 2.38. The van der Waals surface area contributed by atoms with Gasteiger partial charge in [-0.2, -0.15) is 5.10 Å². The quantitative estimate of drug-likeness (QED) is 0.884. The maximum Gasteiger partial charge on any atom is 0.175 e. The van der Waals surface area contributed by atoms with Gasteiger partial charge in [0, 0.05) is 13.0 Å². The fourth-order valence-electron chi connectivity index (χ4n) is 2.18. The molecule has 0 bridgehead atoms. The number of hydrogen-bond donors (Lipinski definition) is 2. The molecule has 112 valence electrons. The van der Waals surface area contributed by atoms with Crippen molar-refractivity contribution in [2.75, 3.05) is 13.2 Å². The van der Waals surface area contributed by atoms with Crippen LogP contribution in [0.15, 0.2) is 22.9 Å². The summed E-state index contributed by atoms with van der Waals surface area (Å²) in [5.74, 6) is 2.41. The number of fused-ring (bicyclic) bond motifs is 1. The zero-order valence-corrected chi connectivity index (χ0v) is 13.3. The van der Waals surface area contributed by atoms with Crippen LogP contribution in [0.3, 0.4) is 0 Å². The number of aromatic nitrogens is 3. The summed E-state index contributed by atoms with van der Waals surface area (Å²) in [4.78, 5) is 4.15. The number of ether oxygens (including phenoxy) is 2. The van der Waals surface area contributed by atoms with Crippen molar-refractivity contribution < 1.29 is 9.47 Å². The fraction of sp³-hybridized carbons (Fsp3) is 0.429. The molecule has 6 nitrogen and oxygen atoms in total. The minimum Gasteiger partial charge on any atom is -0.490 e. The summed E-state index contributed by atoms with van der Waals surface area (Å²) in [5, 5.41) is 10.1. The van der Waals surface area contributed by atoms with E-state index in [0.717, 1.165) is 33.8 Å². The van der Waals surface area contributed by atoms with Gasteiger partial charge in [-0.1, -0.05) is 0 Å². The van der Waals surface area contributed by atoms with Crippen LogP contribution in [0.4, 0.5) is 0 Å². The Morgan fingerprint density at radius 3 is 3.05 bits per heavy atom. The molecule has 0 fully saturated rings. The molecule has 2 aromatic rings. The van der Waals surface area contributed by atoms with E-state index in [1.807, 2.05) is 19.1 Å². The zero-order valence-electron chi connectivity index (χ0n) is 11.7. The predicted octanol–water partition coefficient (Wildman–Crippen LogP) is 2.58. The highest BCUT2D eigenvalue weighted by molar-refractivity contribution is 9.10. The molecule has 0 saturated heterocycles. The summed E-state index contributed by atoms with van der Waals surface area (Å²) in [6.07, 6.45) is 2.41. The first-order valence-electron chi connectivity index (χ1n) is 6.90. The molecule has 0 amide bonds. The van der Waals surface area contributed by atoms with Crippen molar-refractivity contribution in [3.63, 3.8) is 0 Å². The maximum absolute atomic E-state index is 5.74. The van der Waals surface area contributed by atoms with Crippen LogP contribution in [0.1, 0.15) is 30.8 Å². The van der Waals surface area contributed by atoms with Crippen LogP contribution in [0.25, 0.3) is 0 Å². The summed E-state index contributed by atoms with van der Waals surface area (Å²) in [5.41, 5.74) is 1.12. The second kappa shape index (κ2) is 6.44. The molecule has 2 N–H and O–H groups in total. The number of nitrogens with zero attached hydrogens (tertiary/aromatic N) is 2. The van der Waals surface area contributed by atoms with Crippen molar-refractivity contribution in [3.05, 3.63) is 34.3 Å². The molecule has 1 aliphatic rings. The van der Waals surface area contributed by atoms with E-state index in [2.05, 4.69) is 36.4 Å². The van der Waals surface area contributed by atoms with Gasteiger partial charge >= 0.3 is 0 Å². The molecule has 0 spiro atoms. The van der Waals surface area contributed by atoms with Crippen LogP contribution in [-0.4, -0.2) is 28.4 Å². The molecular weight excluding hydrogens is 336 g/mol. The standard InChI is InChI=1S/C14H17BrN4O2/c1-9(14-17-8-18-19-14)16-7-10-5-11(15)13-12(6-10)20-3-2-4-21-13/h5-6,8-9,16H,2-4,7H2,1H3,(H,17,18,19). The third-order valence-corrected chi connectivity index (χ3v) is 3.91. The molecular formula is C14H17BrN4O2. The van der Waals surface area contributed by atoms with Crippen molar-refractivity contribution in [2.45, 2.75) is 25.9 Å². The fourth-order valence-corrected chi connectivity index (χ4v) is 2.78. The first-order valence-corrected chi connectivity index (χ1v) is 7.70. The van der Waals surface area contributed by atoms with Crippen LogP contribution in [0.2, 0.25) is 0 Å². The number of aromatic amines is 1. The summed E-state index contributed by atoms with van der Waals surface area (Å²) in [6.45, 7) is 4.12. The molecule has 0 radical (unpaired) electrons. The number of halogens is 1. The number of H-pyrrole nitrogens is 1. The number of hydrogen-bond acceptors (Lipinski definition) is 5. The molecule has 21 heavy (non-hydrogen) atoms. The molecule has 1 aromatic carbocycles. The Morgan fingerprint density at radius 2 is 2.24 bits per heavy atom. The second-order valence-corrected chi connectivity index (χ2v) is 5.78. The third-order valence-electron chi connectivity index (χ3n) is 3.32. The predicted molar refractivity (Wildman–Crippen MR) is 81.4 cm³/mol. The van der Waals surface area contributed by atoms with E-state index in [9.17, 15) is 0 Å². The summed E-state index contributed by atoms with van der Waals surface area (Å²) >= 11 is 3.55. The lowest BCUT2D eigenvalue weighted by Gasteiger charge is -2.14. The lowest BCUT2D eigenvalue weighted by atomic mass is 10.2. The SMILES string of the molecule is CC(NCc1cc(Br)c2c(c1)OCCCO2)c1ncn[nH]1. The van der Waals surface area contributed by atoms with Crippen molar-refractivity contribution in [3.8, 4) is 11.5 Å². The Labute approximate surface area is 131 Å². The molecule has 0 saturated carbocycles. The summed E-state index contributed by atoms with van der Waals surface area (Å²) in [7, 11) is 0. The number of rotatable bonds is 4. The Hall–Kier alpha value is -1.60. The first kappa shape index (κ1) is 14.3. The first-order chi connectivity index (χ1) is 10.2. The van der Waals surface area contributed by atoms with Crippen LogP contribution >= 0.6 is 15.9 Å². The second-order valence-electron chi connectivity index (χ2n) is 4.93. The van der Waals surface area contributed by atoms with Gasteiger partial charge in [-0.05, 0) is 40.5 Å². The molecule has 2 heterocycles. The van der Waals surface area contributed by atoms with E-state index < -0.39 is 0 Å². The summed E-state index contributed by atoms with van der Waals surface area (Å²) < 4.78 is 12.4. The van der Waals surface area contributed by atoms with Crippen molar-refractivity contribution in [1.29, 1.82) is 0 Å². The van der Waals surface area contributed by atoms with Gasteiger partial charge in [0.05, 0.1) is 23.7 Å². The van der Waals surface area contributed by atoms with Gasteiger partial charge < -0.3 is 14.8 Å². The van der Waals surface area contributed by atoms with Gasteiger partial charge in [0.25, 0.3) is 0 Å². The van der Waals surface area contributed by atoms with Gasteiger partial charge in [0.2, 0.25) is 0 Å². The van der Waals surface area contributed by atoms with Crippen LogP contribution in [0, 0.1) is 0 Å². The average Bonchev–Trinajstić information content (AvgIpc) is 2.91. The van der Waals surface area contributed by atoms with Crippen LogP contribution in [0.5, 0.6) is 11.5 Å². The molecule has 1 unspecified atom stereocenters. The Morgan fingerprint density at radius 1 is 1.38 bits per heavy atom. The Bertz CT molecular complexity index is 603. The van der Waals surface area contributed by atoms with Gasteiger partial charge in [-0.25, -0.2) is 4.98 Å². The topological polar surface area (TPSA) is 72.1 Å². The van der Waals surface area contributed by atoms with Crippen molar-refractivity contribution in [1.82, 2.24) is 20.5 Å². The molecule has 0 aliphatic carbocycles. The lowest BCUT2D eigenvalue weighted by Crippen LogP contribution is -2.19. The van der Waals surface area contributed by atoms with Crippen molar-refractivity contribution in [2.24, 2.45) is 0 Å². The van der Waals surface area contributed by atoms with Crippen LogP contribution < -0.4 is 14.8 Å². The van der Waals surface area contributed by atoms with Crippen LogP contribution in [-0.2, 0) is 6.54 Å². The van der Waals surface area contributed by atoms with Gasteiger partial charge in [-0.3, -0.25) is 5.10 Å². The van der Waals surface area contributed by atoms with E-state index in [1.165, 1.54) is 6.33 Å². The average molecular weight is 353 g/mol. The van der Waals surface area contributed by atoms with Gasteiger partial charge in [0.1, 0.15) is 12.2 Å². The lowest BCUT2D eigenvalue weighted by molar-refractivity contribution is 0.296. The molecule has 1 aromatic heterocycles. The van der Waals surface area contributed by atoms with E-state index in [4.69, 9.17) is 9.47 Å². The number of nitrogens with one attached hydrogen (secondary N) is 2. The maximum atomic E-state index is 5.74.